The van der Waals surface area contributed by atoms with E-state index in [1.165, 1.54) is 19.3 Å². The van der Waals surface area contributed by atoms with E-state index < -0.39 is 84.7 Å². The maximum atomic E-state index is 14.5. The van der Waals surface area contributed by atoms with Crippen LogP contribution in [0.3, 0.4) is 0 Å². The number of fused-ring (bicyclic) bond motifs is 2. The fourth-order valence-electron chi connectivity index (χ4n) is 11.7. The summed E-state index contributed by atoms with van der Waals surface area (Å²) in [6.45, 7) is 11.8. The number of methoxy groups -OCH3 is 2. The molecule has 65 heavy (non-hydrogen) atoms. The average Bonchev–Trinajstić information content (AvgIpc) is 3.62. The largest absolute Gasteiger partial charge is 0.462 e. The summed E-state index contributed by atoms with van der Waals surface area (Å²) in [5.41, 5.74) is 0.240. The number of rotatable bonds is 7. The van der Waals surface area contributed by atoms with Gasteiger partial charge in [0.15, 0.2) is 18.4 Å². The van der Waals surface area contributed by atoms with E-state index in [4.69, 9.17) is 47.4 Å². The van der Waals surface area contributed by atoms with Crippen LogP contribution in [0.15, 0.2) is 64.4 Å². The van der Waals surface area contributed by atoms with Crippen LogP contribution >= 0.6 is 0 Å². The molecule has 4 saturated heterocycles. The molecule has 2 aliphatic carbocycles. The number of esters is 1. The molecule has 8 rings (SSSR count). The normalized spacial score (nSPS) is 48.1. The Balaban J connectivity index is 1.09. The van der Waals surface area contributed by atoms with E-state index in [9.17, 15) is 20.2 Å². The summed E-state index contributed by atoms with van der Waals surface area (Å²) in [5.74, 6) is -2.42. The number of carbonyl (C=O) groups is 1. The molecule has 0 radical (unpaired) electrons. The molecule has 6 heterocycles. The van der Waals surface area contributed by atoms with Crippen molar-refractivity contribution < 1.29 is 67.6 Å². The number of aliphatic hydroxyl groups excluding tert-OH is 1. The zero-order valence-corrected chi connectivity index (χ0v) is 39.4. The summed E-state index contributed by atoms with van der Waals surface area (Å²) in [6, 6.07) is 0. The van der Waals surface area contributed by atoms with Crippen LogP contribution in [0, 0.1) is 23.7 Å². The molecular weight excluding hydrogens is 839 g/mol. The minimum Gasteiger partial charge on any atom is -0.462 e. The summed E-state index contributed by atoms with van der Waals surface area (Å²) in [6.07, 6.45) is 14.6. The van der Waals surface area contributed by atoms with Crippen LogP contribution in [-0.4, -0.2) is 139 Å². The van der Waals surface area contributed by atoms with Gasteiger partial charge in [0, 0.05) is 51.7 Å². The van der Waals surface area contributed by atoms with Crippen LogP contribution in [0.4, 0.5) is 0 Å². The summed E-state index contributed by atoms with van der Waals surface area (Å²) in [5, 5.41) is 36.8. The number of hydrogen-bond acceptors (Lipinski definition) is 15. The van der Waals surface area contributed by atoms with Gasteiger partial charge in [-0.1, -0.05) is 74.7 Å². The lowest BCUT2D eigenvalue weighted by Gasteiger charge is -2.49. The molecule has 1 spiro atoms. The Labute approximate surface area is 384 Å². The number of hydrogen-bond donors (Lipinski definition) is 3. The molecular formula is C50H73NO14. The van der Waals surface area contributed by atoms with Crippen molar-refractivity contribution in [3.05, 3.63) is 59.3 Å². The quantitative estimate of drug-likeness (QED) is 0.111. The second kappa shape index (κ2) is 20.4. The first-order chi connectivity index (χ1) is 31.2. The summed E-state index contributed by atoms with van der Waals surface area (Å²) < 4.78 is 64.2. The molecule has 362 valence electrons. The van der Waals surface area contributed by atoms with Crippen molar-refractivity contribution in [3.63, 3.8) is 0 Å². The molecule has 15 nitrogen and oxygen atoms in total. The van der Waals surface area contributed by atoms with E-state index in [1.54, 1.807) is 40.2 Å². The zero-order chi connectivity index (χ0) is 46.2. The van der Waals surface area contributed by atoms with Crippen molar-refractivity contribution in [1.82, 2.24) is 0 Å². The van der Waals surface area contributed by atoms with Crippen molar-refractivity contribution in [3.8, 4) is 0 Å². The van der Waals surface area contributed by atoms with Gasteiger partial charge in [-0.2, -0.15) is 0 Å². The van der Waals surface area contributed by atoms with Crippen LogP contribution in [0.25, 0.3) is 0 Å². The number of carbonyl (C=O) groups excluding carboxylic acids is 1. The number of nitrogens with zero attached hydrogens (tertiary/aromatic N) is 1. The Kier molecular flexibility index (Phi) is 15.3. The van der Waals surface area contributed by atoms with Gasteiger partial charge in [0.1, 0.15) is 41.6 Å². The SMILES string of the molecule is CO[C@H]1C[C@H](O[C@H]2[C@H](C)O[C@@H](O[C@@H]3/C(C)=C/C[C@@H]4C[C@@H](C[C@]5(C=C[C@H](C)[C@@H](C6CCCCC6)O5)O4)OC(=O)[C@@H]4C=C(C)/C(=N\O)[C@H]5OC/C(=C\C=C\[C@@H]3C)[C@]54O)C[C@@H]2OC)O[C@@H](C)[C@@H]1O. The summed E-state index contributed by atoms with van der Waals surface area (Å²) in [4.78, 5) is 14.5. The predicted molar refractivity (Wildman–Crippen MR) is 238 cm³/mol. The Morgan fingerprint density at radius 1 is 0.862 bits per heavy atom. The van der Waals surface area contributed by atoms with Crippen molar-refractivity contribution in [1.29, 1.82) is 0 Å². The van der Waals surface area contributed by atoms with E-state index in [-0.39, 0.29) is 42.5 Å². The Bertz CT molecular complexity index is 1870. The minimum atomic E-state index is -1.87. The van der Waals surface area contributed by atoms with Crippen LogP contribution in [0.2, 0.25) is 0 Å². The van der Waals surface area contributed by atoms with Gasteiger partial charge in [-0.25, -0.2) is 0 Å². The molecule has 8 aliphatic rings. The molecule has 0 aromatic rings. The maximum Gasteiger partial charge on any atom is 0.316 e. The molecule has 15 heteroatoms. The smallest absolute Gasteiger partial charge is 0.316 e. The first kappa shape index (κ1) is 48.6. The lowest BCUT2D eigenvalue weighted by molar-refractivity contribution is -0.318. The summed E-state index contributed by atoms with van der Waals surface area (Å²) >= 11 is 0. The molecule has 3 N–H and O–H groups in total. The number of allylic oxidation sites excluding steroid dienone is 2. The average molecular weight is 912 g/mol. The topological polar surface area (TPSA) is 182 Å². The summed E-state index contributed by atoms with van der Waals surface area (Å²) in [7, 11) is 3.22. The molecule has 0 unspecified atom stereocenters. The van der Waals surface area contributed by atoms with E-state index in [0.717, 1.165) is 18.4 Å². The van der Waals surface area contributed by atoms with Crippen LogP contribution in [0.1, 0.15) is 106 Å². The first-order valence-corrected chi connectivity index (χ1v) is 24.1. The highest BCUT2D eigenvalue weighted by atomic mass is 16.7. The predicted octanol–water partition coefficient (Wildman–Crippen LogP) is 6.38. The second-order valence-corrected chi connectivity index (χ2v) is 19.9. The molecule has 2 bridgehead atoms. The van der Waals surface area contributed by atoms with Gasteiger partial charge < -0.3 is 62.8 Å². The molecule has 5 fully saturated rings. The fourth-order valence-corrected chi connectivity index (χ4v) is 11.7. The van der Waals surface area contributed by atoms with Gasteiger partial charge in [-0.3, -0.25) is 4.79 Å². The first-order valence-electron chi connectivity index (χ1n) is 24.1. The van der Waals surface area contributed by atoms with Gasteiger partial charge in [0.25, 0.3) is 0 Å². The second-order valence-electron chi connectivity index (χ2n) is 19.9. The van der Waals surface area contributed by atoms with Gasteiger partial charge >= 0.3 is 5.97 Å². The lowest BCUT2D eigenvalue weighted by Crippen LogP contribution is -2.57. The van der Waals surface area contributed by atoms with Gasteiger partial charge in [0.2, 0.25) is 0 Å². The van der Waals surface area contributed by atoms with E-state index in [2.05, 4.69) is 31.2 Å². The van der Waals surface area contributed by atoms with Gasteiger partial charge in [-0.05, 0) is 75.7 Å². The molecule has 18 atom stereocenters. The maximum absolute atomic E-state index is 14.5. The third kappa shape index (κ3) is 10.0. The van der Waals surface area contributed by atoms with Crippen molar-refractivity contribution in [2.24, 2.45) is 28.8 Å². The van der Waals surface area contributed by atoms with Crippen LogP contribution in [0.5, 0.6) is 0 Å². The molecule has 0 aromatic heterocycles. The fraction of sp³-hybridized carbons (Fsp3) is 0.760. The zero-order valence-electron chi connectivity index (χ0n) is 39.4. The van der Waals surface area contributed by atoms with Crippen molar-refractivity contribution in [2.45, 2.75) is 197 Å². The highest BCUT2D eigenvalue weighted by Gasteiger charge is 2.60. The number of aliphatic hydroxyl groups is 2. The Morgan fingerprint density at radius 2 is 1.58 bits per heavy atom. The molecule has 1 saturated carbocycles. The van der Waals surface area contributed by atoms with Gasteiger partial charge in [0.05, 0.1) is 49.3 Å². The molecule has 6 aliphatic heterocycles. The van der Waals surface area contributed by atoms with E-state index in [1.807, 2.05) is 32.1 Å². The van der Waals surface area contributed by atoms with Crippen molar-refractivity contribution >= 4 is 11.7 Å². The standard InChI is InChI=1S/C50H73NO14/c1-27-13-12-16-34-26-58-47-42(51-55)30(4)21-37(50(34,47)54)48(53)61-36-22-35(64-49(25-36)20-19-29(3)45(65-49)33-14-10-9-11-15-33)18-17-28(2)44(27)62-41-24-39(57-8)46(32(6)60-41)63-40-23-38(56-7)43(52)31(5)59-40/h12-13,16-17,19-21,27,29,31-33,35-41,43-47,52,54-55H,9-11,14-15,18,22-26H2,1-8H3/b13-12+,28-17+,34-16+,51-42+/t27-,29-,31-,32-,35+,36-,37-,38-,39-,40-,41-,43-,44-,45-,46-,47+,49+,50+/m0/s1. The molecule has 0 amide bonds. The minimum absolute atomic E-state index is 0.0114. The van der Waals surface area contributed by atoms with Crippen LogP contribution < -0.4 is 0 Å². The molecule has 0 aromatic carbocycles. The highest BCUT2D eigenvalue weighted by Crippen LogP contribution is 2.47. The third-order valence-corrected chi connectivity index (χ3v) is 15.4. The van der Waals surface area contributed by atoms with Crippen LogP contribution in [-0.2, 0) is 52.2 Å². The third-order valence-electron chi connectivity index (χ3n) is 15.4. The Morgan fingerprint density at radius 3 is 2.32 bits per heavy atom. The number of oxime groups is 1. The van der Waals surface area contributed by atoms with E-state index >= 15 is 0 Å². The highest BCUT2D eigenvalue weighted by molar-refractivity contribution is 6.06. The van der Waals surface area contributed by atoms with Gasteiger partial charge in [-0.15, -0.1) is 0 Å². The Hall–Kier alpha value is -2.80. The van der Waals surface area contributed by atoms with Crippen molar-refractivity contribution in [2.75, 3.05) is 20.8 Å². The monoisotopic (exact) mass is 912 g/mol. The number of ether oxygens (including phenoxy) is 10. The van der Waals surface area contributed by atoms with E-state index in [0.29, 0.717) is 49.2 Å². The lowest BCUT2D eigenvalue weighted by atomic mass is 9.71.